The monoisotopic (exact) mass is 360 g/mol. The summed E-state index contributed by atoms with van der Waals surface area (Å²) in [6.07, 6.45) is 0.752. The van der Waals surface area contributed by atoms with Crippen LogP contribution in [0.25, 0.3) is 27.9 Å². The predicted octanol–water partition coefficient (Wildman–Crippen LogP) is 2.76. The van der Waals surface area contributed by atoms with Gasteiger partial charge < -0.3 is 14.4 Å². The molecule has 134 valence electrons. The van der Waals surface area contributed by atoms with Gasteiger partial charge in [0, 0.05) is 16.5 Å². The van der Waals surface area contributed by atoms with Gasteiger partial charge in [-0.2, -0.15) is 0 Å². The van der Waals surface area contributed by atoms with Crippen LogP contribution >= 0.6 is 0 Å². The zero-order valence-electron chi connectivity index (χ0n) is 14.7. The minimum atomic E-state index is -0.499. The molecule has 0 saturated carbocycles. The number of rotatable bonds is 1. The summed E-state index contributed by atoms with van der Waals surface area (Å²) in [5, 5.41) is 10.8. The highest BCUT2D eigenvalue weighted by molar-refractivity contribution is 6.17. The molecule has 0 aliphatic carbocycles. The molecule has 4 heterocycles. The van der Waals surface area contributed by atoms with Crippen molar-refractivity contribution >= 4 is 22.4 Å². The van der Waals surface area contributed by atoms with E-state index in [1.807, 2.05) is 13.0 Å². The first-order valence-corrected chi connectivity index (χ1v) is 8.77. The smallest absolute Gasteiger partial charge is 0.338 e. The van der Waals surface area contributed by atoms with Crippen molar-refractivity contribution in [1.82, 2.24) is 9.55 Å². The molecule has 0 spiro atoms. The fraction of sp³-hybridized carbons (Fsp3) is 0.190. The van der Waals surface area contributed by atoms with Crippen LogP contribution in [0.15, 0.2) is 35.6 Å². The Morgan fingerprint density at radius 2 is 2.07 bits per heavy atom. The highest BCUT2D eigenvalue weighted by Crippen LogP contribution is 2.38. The van der Waals surface area contributed by atoms with Crippen LogP contribution in [0.4, 0.5) is 0 Å². The largest absolute Gasteiger partial charge is 0.508 e. The van der Waals surface area contributed by atoms with Crippen LogP contribution in [0.1, 0.15) is 29.2 Å². The second-order valence-electron chi connectivity index (χ2n) is 6.84. The van der Waals surface area contributed by atoms with Crippen molar-refractivity contribution < 1.29 is 14.6 Å². The molecule has 0 atom stereocenters. The van der Waals surface area contributed by atoms with E-state index in [2.05, 4.69) is 6.58 Å². The maximum Gasteiger partial charge on any atom is 0.338 e. The van der Waals surface area contributed by atoms with Crippen LogP contribution < -0.4 is 5.56 Å². The van der Waals surface area contributed by atoms with E-state index in [9.17, 15) is 14.7 Å². The molecule has 0 saturated heterocycles. The van der Waals surface area contributed by atoms with Gasteiger partial charge in [-0.15, -0.1) is 0 Å². The van der Waals surface area contributed by atoms with Crippen LogP contribution in [0, 0.1) is 0 Å². The number of hydrogen-bond acceptors (Lipinski definition) is 5. The Hall–Kier alpha value is -3.41. The summed E-state index contributed by atoms with van der Waals surface area (Å²) in [6.45, 7) is 6.21. The Morgan fingerprint density at radius 1 is 1.26 bits per heavy atom. The summed E-state index contributed by atoms with van der Waals surface area (Å²) < 4.78 is 6.74. The van der Waals surface area contributed by atoms with Gasteiger partial charge in [-0.05, 0) is 36.2 Å². The zero-order valence-corrected chi connectivity index (χ0v) is 14.7. The van der Waals surface area contributed by atoms with Gasteiger partial charge in [0.05, 0.1) is 34.6 Å². The first-order chi connectivity index (χ1) is 13.0. The van der Waals surface area contributed by atoms with Crippen molar-refractivity contribution in [3.63, 3.8) is 0 Å². The molecule has 2 aliphatic heterocycles. The summed E-state index contributed by atoms with van der Waals surface area (Å²) in [5.41, 5.74) is 5.27. The fourth-order valence-corrected chi connectivity index (χ4v) is 4.09. The third-order valence-corrected chi connectivity index (χ3v) is 5.42. The van der Waals surface area contributed by atoms with Gasteiger partial charge in [0.1, 0.15) is 12.4 Å². The number of fused-ring (bicyclic) bond motifs is 5. The topological polar surface area (TPSA) is 81.4 Å². The Morgan fingerprint density at radius 3 is 2.85 bits per heavy atom. The number of cyclic esters (lactones) is 1. The molecule has 3 aromatic rings. The molecule has 1 N–H and O–H groups in total. The van der Waals surface area contributed by atoms with E-state index in [4.69, 9.17) is 9.72 Å². The van der Waals surface area contributed by atoms with Crippen molar-refractivity contribution in [1.29, 1.82) is 0 Å². The summed E-state index contributed by atoms with van der Waals surface area (Å²) in [4.78, 5) is 29.7. The van der Waals surface area contributed by atoms with E-state index in [0.717, 1.165) is 34.1 Å². The Balaban J connectivity index is 1.84. The van der Waals surface area contributed by atoms with Crippen molar-refractivity contribution in [2.45, 2.75) is 26.5 Å². The minimum absolute atomic E-state index is 0.0352. The number of pyridine rings is 2. The molecule has 2 aromatic heterocycles. The summed E-state index contributed by atoms with van der Waals surface area (Å²) in [5.74, 6) is -0.310. The number of ether oxygens (including phenoxy) is 1. The third kappa shape index (κ3) is 2.04. The predicted molar refractivity (Wildman–Crippen MR) is 100 cm³/mol. The number of carbonyl (C=O) groups is 1. The quantitative estimate of drug-likeness (QED) is 0.417. The second kappa shape index (κ2) is 5.30. The van der Waals surface area contributed by atoms with Gasteiger partial charge in [0.25, 0.3) is 5.56 Å². The van der Waals surface area contributed by atoms with Gasteiger partial charge in [-0.25, -0.2) is 9.78 Å². The lowest BCUT2D eigenvalue weighted by Gasteiger charge is -2.19. The number of benzene rings is 1. The van der Waals surface area contributed by atoms with Crippen LogP contribution in [0.3, 0.4) is 0 Å². The van der Waals surface area contributed by atoms with Crippen molar-refractivity contribution in [2.75, 3.05) is 0 Å². The highest BCUT2D eigenvalue weighted by atomic mass is 16.5. The molecule has 0 unspecified atom stereocenters. The number of carbonyl (C=O) groups excluding carboxylic acids is 1. The fourth-order valence-electron chi connectivity index (χ4n) is 4.09. The molecular formula is C21H16N2O4. The normalized spacial score (nSPS) is 14.7. The Labute approximate surface area is 154 Å². The van der Waals surface area contributed by atoms with E-state index >= 15 is 0 Å². The van der Waals surface area contributed by atoms with Crippen LogP contribution in [-0.4, -0.2) is 20.6 Å². The maximum atomic E-state index is 13.0. The molecular weight excluding hydrogens is 344 g/mol. The Kier molecular flexibility index (Phi) is 3.10. The van der Waals surface area contributed by atoms with E-state index in [1.54, 1.807) is 22.8 Å². The summed E-state index contributed by atoms with van der Waals surface area (Å²) >= 11 is 0. The van der Waals surface area contributed by atoms with E-state index in [1.165, 1.54) is 0 Å². The van der Waals surface area contributed by atoms with Crippen LogP contribution in [0.5, 0.6) is 5.75 Å². The number of aromatic nitrogens is 2. The third-order valence-electron chi connectivity index (χ3n) is 5.42. The number of hydrogen-bond donors (Lipinski definition) is 1. The molecule has 0 bridgehead atoms. The van der Waals surface area contributed by atoms with Crippen molar-refractivity contribution in [3.8, 4) is 17.1 Å². The molecule has 0 amide bonds. The molecule has 1 aromatic carbocycles. The molecule has 2 aliphatic rings. The minimum Gasteiger partial charge on any atom is -0.508 e. The number of phenolic OH excluding ortho intramolecular Hbond substituents is 1. The van der Waals surface area contributed by atoms with Crippen molar-refractivity contribution in [3.05, 3.63) is 63.5 Å². The molecule has 6 nitrogen and oxygen atoms in total. The highest BCUT2D eigenvalue weighted by Gasteiger charge is 2.31. The van der Waals surface area contributed by atoms with Gasteiger partial charge >= 0.3 is 5.97 Å². The molecule has 5 rings (SSSR count). The van der Waals surface area contributed by atoms with E-state index < -0.39 is 5.97 Å². The second-order valence-corrected chi connectivity index (χ2v) is 6.84. The van der Waals surface area contributed by atoms with E-state index in [0.29, 0.717) is 23.4 Å². The molecule has 0 radical (unpaired) electrons. The first kappa shape index (κ1) is 15.8. The van der Waals surface area contributed by atoms with Crippen molar-refractivity contribution in [2.24, 2.45) is 0 Å². The average molecular weight is 360 g/mol. The van der Waals surface area contributed by atoms with Gasteiger partial charge in [0.15, 0.2) is 0 Å². The molecule has 27 heavy (non-hydrogen) atoms. The maximum absolute atomic E-state index is 13.0. The summed E-state index contributed by atoms with van der Waals surface area (Å²) in [6, 6.07) is 6.92. The summed E-state index contributed by atoms with van der Waals surface area (Å²) in [7, 11) is 0. The lowest BCUT2D eigenvalue weighted by Crippen LogP contribution is -2.29. The van der Waals surface area contributed by atoms with Gasteiger partial charge in [0.2, 0.25) is 0 Å². The van der Waals surface area contributed by atoms with Gasteiger partial charge in [-0.1, -0.05) is 13.5 Å². The SMILES string of the molecule is C=C1C(=O)OCc2c1cc1n(c2=O)Cc2c-1nc1ccc(O)cc1c2CC. The first-order valence-electron chi connectivity index (χ1n) is 8.77. The number of aromatic hydroxyl groups is 1. The van der Waals surface area contributed by atoms with E-state index in [-0.39, 0.29) is 23.5 Å². The van der Waals surface area contributed by atoms with Crippen LogP contribution in [-0.2, 0) is 29.1 Å². The van der Waals surface area contributed by atoms with Crippen LogP contribution in [0.2, 0.25) is 0 Å². The molecule has 6 heteroatoms. The standard InChI is InChI=1S/C21H16N2O4/c1-3-12-14-6-11(24)4-5-17(14)22-19-15(12)8-23-18(19)7-13-10(2)21(26)27-9-16(13)20(23)25/h4-7,24H,2-3,8-9H2,1H3. The lowest BCUT2D eigenvalue weighted by molar-refractivity contribution is -0.138. The van der Waals surface area contributed by atoms with Gasteiger partial charge in [-0.3, -0.25) is 4.79 Å². The zero-order chi connectivity index (χ0) is 18.9. The lowest BCUT2D eigenvalue weighted by atomic mass is 9.97. The number of esters is 1. The molecule has 0 fully saturated rings. The Bertz CT molecular complexity index is 1250. The number of nitrogens with zero attached hydrogens (tertiary/aromatic N) is 2. The number of aryl methyl sites for hydroxylation is 1. The average Bonchev–Trinajstić information content (AvgIpc) is 3.02. The number of phenols is 1.